The molecule has 0 aromatic heterocycles. The van der Waals surface area contributed by atoms with E-state index in [0.29, 0.717) is 33.3 Å². The summed E-state index contributed by atoms with van der Waals surface area (Å²) in [5, 5.41) is 4.04. The van der Waals surface area contributed by atoms with Gasteiger partial charge in [0.25, 0.3) is 20.2 Å². The smallest absolute Gasteiger partial charge is 0.296 e. The summed E-state index contributed by atoms with van der Waals surface area (Å²) < 4.78 is 66.4. The number of hydrogen-bond acceptors (Lipinski definition) is 6. The summed E-state index contributed by atoms with van der Waals surface area (Å²) in [5.41, 5.74) is 7.89. The van der Waals surface area contributed by atoms with Gasteiger partial charge >= 0.3 is 0 Å². The molecule has 3 aromatic rings. The van der Waals surface area contributed by atoms with Crippen molar-refractivity contribution in [3.63, 3.8) is 0 Å². The minimum atomic E-state index is -4.60. The van der Waals surface area contributed by atoms with E-state index in [4.69, 9.17) is 5.73 Å². The summed E-state index contributed by atoms with van der Waals surface area (Å²) in [6.45, 7) is 4.86. The lowest BCUT2D eigenvalue weighted by atomic mass is 10.0. The minimum Gasteiger partial charge on any atom is -0.397 e. The first-order valence-corrected chi connectivity index (χ1v) is 11.3. The predicted molar refractivity (Wildman–Crippen MR) is 112 cm³/mol. The van der Waals surface area contributed by atoms with Crippen LogP contribution < -0.4 is 11.1 Å². The van der Waals surface area contributed by atoms with Gasteiger partial charge in [-0.05, 0) is 43.5 Å². The maximum atomic E-state index is 11.8. The average Bonchev–Trinajstić information content (AvgIpc) is 2.57. The molecule has 154 valence electrons. The number of anilines is 3. The van der Waals surface area contributed by atoms with E-state index in [9.17, 15) is 25.9 Å². The van der Waals surface area contributed by atoms with Gasteiger partial charge in [-0.1, -0.05) is 30.3 Å². The highest BCUT2D eigenvalue weighted by Gasteiger charge is 2.23. The number of benzene rings is 3. The SMILES string of the molecule is Cc1cc(C)c(S(=O)(=O)O)c(C)c1Nc1cc(S(=O)(=O)O)c(N)c2ccccc12. The van der Waals surface area contributed by atoms with Crippen molar-refractivity contribution >= 4 is 48.1 Å². The highest BCUT2D eigenvalue weighted by atomic mass is 32.2. The van der Waals surface area contributed by atoms with Gasteiger partial charge in [-0.3, -0.25) is 9.11 Å². The summed E-state index contributed by atoms with van der Waals surface area (Å²) in [6.07, 6.45) is 0. The van der Waals surface area contributed by atoms with E-state index in [1.165, 1.54) is 13.0 Å². The van der Waals surface area contributed by atoms with E-state index < -0.39 is 25.1 Å². The van der Waals surface area contributed by atoms with Gasteiger partial charge in [0.15, 0.2) is 0 Å². The zero-order valence-corrected chi connectivity index (χ0v) is 17.5. The number of nitrogens with one attached hydrogen (secondary N) is 1. The van der Waals surface area contributed by atoms with Crippen molar-refractivity contribution in [3.05, 3.63) is 53.1 Å². The van der Waals surface area contributed by atoms with Gasteiger partial charge in [0.05, 0.1) is 5.69 Å². The maximum Gasteiger partial charge on any atom is 0.296 e. The monoisotopic (exact) mass is 436 g/mol. The van der Waals surface area contributed by atoms with E-state index in [2.05, 4.69) is 5.32 Å². The third kappa shape index (κ3) is 3.79. The van der Waals surface area contributed by atoms with Crippen LogP contribution in [0, 0.1) is 20.8 Å². The van der Waals surface area contributed by atoms with Crippen molar-refractivity contribution in [3.8, 4) is 0 Å². The predicted octanol–water partition coefficient (Wildman–Crippen LogP) is 3.58. The molecule has 0 aliphatic heterocycles. The summed E-state index contributed by atoms with van der Waals surface area (Å²) in [5.74, 6) is 0. The van der Waals surface area contributed by atoms with E-state index in [1.807, 2.05) is 0 Å². The van der Waals surface area contributed by atoms with Gasteiger partial charge in [0.2, 0.25) is 0 Å². The van der Waals surface area contributed by atoms with Crippen molar-refractivity contribution in [1.82, 2.24) is 0 Å². The number of hydrogen-bond donors (Lipinski definition) is 4. The second kappa shape index (κ2) is 6.99. The Kier molecular flexibility index (Phi) is 5.08. The van der Waals surface area contributed by atoms with Crippen LogP contribution in [0.3, 0.4) is 0 Å². The molecule has 0 aliphatic carbocycles. The Bertz CT molecular complexity index is 1360. The topological polar surface area (TPSA) is 147 Å². The fourth-order valence-corrected chi connectivity index (χ4v) is 5.19. The largest absolute Gasteiger partial charge is 0.397 e. The van der Waals surface area contributed by atoms with Crippen molar-refractivity contribution < 1.29 is 25.9 Å². The summed E-state index contributed by atoms with van der Waals surface area (Å²) in [6, 6.07) is 9.53. The normalized spacial score (nSPS) is 12.3. The molecule has 0 fully saturated rings. The van der Waals surface area contributed by atoms with Gasteiger partial charge in [-0.2, -0.15) is 16.8 Å². The second-order valence-corrected chi connectivity index (χ2v) is 9.54. The van der Waals surface area contributed by atoms with Crippen LogP contribution in [0.2, 0.25) is 0 Å². The van der Waals surface area contributed by atoms with Crippen LogP contribution in [0.5, 0.6) is 0 Å². The number of aryl methyl sites for hydroxylation is 2. The number of rotatable bonds is 4. The molecule has 0 unspecified atom stereocenters. The Labute approximate surface area is 168 Å². The lowest BCUT2D eigenvalue weighted by Crippen LogP contribution is -2.09. The molecule has 3 rings (SSSR count). The number of nitrogen functional groups attached to an aromatic ring is 1. The molecule has 0 aliphatic rings. The van der Waals surface area contributed by atoms with Crippen LogP contribution in [0.15, 0.2) is 46.2 Å². The molecule has 0 amide bonds. The maximum absolute atomic E-state index is 11.8. The quantitative estimate of drug-likeness (QED) is 0.358. The standard InChI is InChI=1S/C19H20N2O6S2/c1-10-8-11(2)19(29(25,26)27)12(3)18(10)21-15-9-16(28(22,23)24)17(20)14-7-5-4-6-13(14)15/h4-9,21H,20H2,1-3H3,(H,22,23,24)(H,25,26,27). The molecular formula is C19H20N2O6S2. The molecule has 0 saturated heterocycles. The first kappa shape index (κ1) is 21.1. The lowest BCUT2D eigenvalue weighted by Gasteiger charge is -2.19. The third-order valence-electron chi connectivity index (χ3n) is 4.74. The van der Waals surface area contributed by atoms with Crippen LogP contribution >= 0.6 is 0 Å². The molecule has 3 aromatic carbocycles. The first-order valence-electron chi connectivity index (χ1n) is 8.46. The fraction of sp³-hybridized carbons (Fsp3) is 0.158. The van der Waals surface area contributed by atoms with Crippen molar-refractivity contribution in [2.45, 2.75) is 30.6 Å². The molecule has 29 heavy (non-hydrogen) atoms. The molecule has 0 atom stereocenters. The zero-order valence-electron chi connectivity index (χ0n) is 15.9. The molecule has 5 N–H and O–H groups in total. The van der Waals surface area contributed by atoms with E-state index >= 15 is 0 Å². The Morgan fingerprint density at radius 3 is 2.00 bits per heavy atom. The molecule has 0 bridgehead atoms. The van der Waals surface area contributed by atoms with Crippen LogP contribution in [-0.4, -0.2) is 25.9 Å². The molecule has 0 radical (unpaired) electrons. The van der Waals surface area contributed by atoms with E-state index in [1.54, 1.807) is 44.2 Å². The Morgan fingerprint density at radius 1 is 0.862 bits per heavy atom. The summed E-state index contributed by atoms with van der Waals surface area (Å²) >= 11 is 0. The van der Waals surface area contributed by atoms with Crippen molar-refractivity contribution in [2.75, 3.05) is 11.1 Å². The Hall–Kier alpha value is -2.66. The molecule has 0 heterocycles. The van der Waals surface area contributed by atoms with Crippen molar-refractivity contribution in [2.24, 2.45) is 0 Å². The van der Waals surface area contributed by atoms with Crippen molar-refractivity contribution in [1.29, 1.82) is 0 Å². The van der Waals surface area contributed by atoms with E-state index in [0.717, 1.165) is 0 Å². The van der Waals surface area contributed by atoms with Crippen LogP contribution in [0.4, 0.5) is 17.1 Å². The molecule has 8 nitrogen and oxygen atoms in total. The highest BCUT2D eigenvalue weighted by Crippen LogP contribution is 2.38. The lowest BCUT2D eigenvalue weighted by molar-refractivity contribution is 0.480. The molecule has 0 saturated carbocycles. The van der Waals surface area contributed by atoms with Gasteiger partial charge in [-0.25, -0.2) is 0 Å². The summed E-state index contributed by atoms with van der Waals surface area (Å²) in [4.78, 5) is -0.684. The molecule has 0 spiro atoms. The molecular weight excluding hydrogens is 416 g/mol. The number of fused-ring (bicyclic) bond motifs is 1. The first-order chi connectivity index (χ1) is 13.3. The fourth-order valence-electron chi connectivity index (χ4n) is 3.58. The van der Waals surface area contributed by atoms with E-state index in [-0.39, 0.29) is 16.1 Å². The molecule has 10 heteroatoms. The highest BCUT2D eigenvalue weighted by molar-refractivity contribution is 7.86. The number of nitrogens with two attached hydrogens (primary N) is 1. The minimum absolute atomic E-state index is 0.0929. The second-order valence-electron chi connectivity index (χ2n) is 6.80. The van der Waals surface area contributed by atoms with Gasteiger partial charge < -0.3 is 11.1 Å². The average molecular weight is 437 g/mol. The van der Waals surface area contributed by atoms with Crippen LogP contribution in [-0.2, 0) is 20.2 Å². The Morgan fingerprint density at radius 2 is 1.45 bits per heavy atom. The van der Waals surface area contributed by atoms with Crippen LogP contribution in [0.25, 0.3) is 10.8 Å². The summed E-state index contributed by atoms with van der Waals surface area (Å²) in [7, 11) is -9.07. The Balaban J connectivity index is 2.34. The van der Waals surface area contributed by atoms with Gasteiger partial charge in [-0.15, -0.1) is 0 Å². The van der Waals surface area contributed by atoms with Gasteiger partial charge in [0.1, 0.15) is 9.79 Å². The van der Waals surface area contributed by atoms with Crippen LogP contribution in [0.1, 0.15) is 16.7 Å². The zero-order chi connectivity index (χ0) is 21.7. The van der Waals surface area contributed by atoms with Gasteiger partial charge in [0, 0.05) is 22.1 Å². The third-order valence-corrected chi connectivity index (χ3v) is 6.78.